The van der Waals surface area contributed by atoms with Crippen molar-refractivity contribution in [3.63, 3.8) is 0 Å². The lowest BCUT2D eigenvalue weighted by molar-refractivity contribution is 0.152. The van der Waals surface area contributed by atoms with Crippen molar-refractivity contribution in [2.45, 2.75) is 38.8 Å². The van der Waals surface area contributed by atoms with E-state index in [1.807, 2.05) is 7.05 Å². The van der Waals surface area contributed by atoms with Gasteiger partial charge in [-0.1, -0.05) is 22.9 Å². The van der Waals surface area contributed by atoms with E-state index < -0.39 is 0 Å². The molecule has 0 bridgehead atoms. The Hall–Kier alpha value is -1.14. The molecule has 2 aromatic rings. The van der Waals surface area contributed by atoms with Crippen LogP contribution in [0, 0.1) is 5.82 Å². The van der Waals surface area contributed by atoms with Crippen LogP contribution in [0.3, 0.4) is 0 Å². The number of halogens is 2. The van der Waals surface area contributed by atoms with Crippen molar-refractivity contribution in [1.29, 1.82) is 0 Å². The van der Waals surface area contributed by atoms with Crippen molar-refractivity contribution in [3.05, 3.63) is 22.4 Å². The van der Waals surface area contributed by atoms with E-state index >= 15 is 0 Å². The number of oxazole rings is 1. The fourth-order valence-electron chi connectivity index (χ4n) is 3.27. The summed E-state index contributed by atoms with van der Waals surface area (Å²) in [4.78, 5) is 8.98. The van der Waals surface area contributed by atoms with Crippen LogP contribution in [0.15, 0.2) is 21.0 Å². The average Bonchev–Trinajstić information content (AvgIpc) is 2.90. The zero-order valence-electron chi connectivity index (χ0n) is 13.1. The molecule has 1 aromatic carbocycles. The third-order valence-corrected chi connectivity index (χ3v) is 5.10. The van der Waals surface area contributed by atoms with Crippen molar-refractivity contribution in [2.24, 2.45) is 0 Å². The molecule has 0 aliphatic carbocycles. The molecule has 120 valence electrons. The van der Waals surface area contributed by atoms with Crippen LogP contribution in [0.1, 0.15) is 26.7 Å². The highest BCUT2D eigenvalue weighted by atomic mass is 79.9. The van der Waals surface area contributed by atoms with E-state index in [1.165, 1.54) is 6.07 Å². The third kappa shape index (κ3) is 2.86. The second kappa shape index (κ2) is 6.16. The summed E-state index contributed by atoms with van der Waals surface area (Å²) in [6, 6.07) is 4.59. The van der Waals surface area contributed by atoms with E-state index in [-0.39, 0.29) is 11.4 Å². The van der Waals surface area contributed by atoms with Crippen LogP contribution in [0.2, 0.25) is 0 Å². The molecule has 4 nitrogen and oxygen atoms in total. The first-order chi connectivity index (χ1) is 10.5. The molecule has 1 aromatic heterocycles. The van der Waals surface area contributed by atoms with Crippen molar-refractivity contribution in [3.8, 4) is 0 Å². The van der Waals surface area contributed by atoms with Gasteiger partial charge in [-0.2, -0.15) is 4.98 Å². The fourth-order valence-corrected chi connectivity index (χ4v) is 3.69. The van der Waals surface area contributed by atoms with Gasteiger partial charge in [0.1, 0.15) is 5.52 Å². The Labute approximate surface area is 138 Å². The van der Waals surface area contributed by atoms with Crippen molar-refractivity contribution >= 4 is 33.0 Å². The molecule has 1 aliphatic heterocycles. The van der Waals surface area contributed by atoms with Gasteiger partial charge in [-0.05, 0) is 38.4 Å². The van der Waals surface area contributed by atoms with Gasteiger partial charge in [0.05, 0.1) is 0 Å². The highest BCUT2D eigenvalue weighted by Gasteiger charge is 2.29. The van der Waals surface area contributed by atoms with Crippen LogP contribution in [0.25, 0.3) is 11.1 Å². The Morgan fingerprint density at radius 3 is 2.95 bits per heavy atom. The number of piperidine rings is 1. The average molecular weight is 370 g/mol. The Morgan fingerprint density at radius 1 is 1.50 bits per heavy atom. The summed E-state index contributed by atoms with van der Waals surface area (Å²) in [5.41, 5.74) is 0.775. The molecule has 22 heavy (non-hydrogen) atoms. The van der Waals surface area contributed by atoms with Gasteiger partial charge in [0.25, 0.3) is 6.01 Å². The molecular weight excluding hydrogens is 349 g/mol. The lowest BCUT2D eigenvalue weighted by Gasteiger charge is -2.40. The first kappa shape index (κ1) is 15.7. The Balaban J connectivity index is 1.83. The van der Waals surface area contributed by atoms with Crippen LogP contribution >= 0.6 is 15.9 Å². The molecule has 0 N–H and O–H groups in total. The van der Waals surface area contributed by atoms with Gasteiger partial charge in [-0.3, -0.25) is 0 Å². The minimum absolute atomic E-state index is 0.226. The molecule has 1 aliphatic rings. The van der Waals surface area contributed by atoms with Crippen molar-refractivity contribution in [1.82, 2.24) is 9.88 Å². The van der Waals surface area contributed by atoms with Crippen LogP contribution in [-0.4, -0.2) is 42.1 Å². The predicted molar refractivity (Wildman–Crippen MR) is 89.8 cm³/mol. The number of nitrogens with zero attached hydrogens (tertiary/aromatic N) is 3. The van der Waals surface area contributed by atoms with Gasteiger partial charge in [0, 0.05) is 30.1 Å². The van der Waals surface area contributed by atoms with Gasteiger partial charge >= 0.3 is 0 Å². The SMILES string of the molecule is CCN1CCC(N(C)c2nc3cc(Br)cc(F)c3o2)CC1C. The van der Waals surface area contributed by atoms with Crippen LogP contribution < -0.4 is 4.90 Å². The summed E-state index contributed by atoms with van der Waals surface area (Å²) in [6.45, 7) is 6.61. The maximum Gasteiger partial charge on any atom is 0.298 e. The first-order valence-corrected chi connectivity index (χ1v) is 8.51. The Kier molecular flexibility index (Phi) is 4.41. The second-order valence-electron chi connectivity index (χ2n) is 6.00. The molecule has 1 saturated heterocycles. The maximum absolute atomic E-state index is 13.9. The Morgan fingerprint density at radius 2 is 2.27 bits per heavy atom. The number of likely N-dealkylation sites (tertiary alicyclic amines) is 1. The number of aromatic nitrogens is 1. The minimum atomic E-state index is -0.384. The van der Waals surface area contributed by atoms with E-state index in [1.54, 1.807) is 6.07 Å². The predicted octanol–water partition coefficient (Wildman–Crippen LogP) is 4.04. The van der Waals surface area contributed by atoms with Crippen molar-refractivity contribution in [2.75, 3.05) is 25.0 Å². The molecule has 0 amide bonds. The number of benzene rings is 1. The standard InChI is InChI=1S/C16H21BrFN3O/c1-4-21-6-5-12(7-10(21)2)20(3)16-19-14-9-11(17)8-13(18)15(14)22-16/h8-10,12H,4-7H2,1-3H3. The summed E-state index contributed by atoms with van der Waals surface area (Å²) in [7, 11) is 1.98. The molecular formula is C16H21BrFN3O. The van der Waals surface area contributed by atoms with Gasteiger partial charge in [-0.15, -0.1) is 0 Å². The summed E-state index contributed by atoms with van der Waals surface area (Å²) in [5.74, 6) is -0.384. The third-order valence-electron chi connectivity index (χ3n) is 4.64. The second-order valence-corrected chi connectivity index (χ2v) is 6.91. The normalized spacial score (nSPS) is 23.1. The van der Waals surface area contributed by atoms with E-state index in [9.17, 15) is 4.39 Å². The molecule has 2 heterocycles. The van der Waals surface area contributed by atoms with Gasteiger partial charge < -0.3 is 14.2 Å². The first-order valence-electron chi connectivity index (χ1n) is 7.72. The Bertz CT molecular complexity index is 675. The van der Waals surface area contributed by atoms with E-state index in [4.69, 9.17) is 4.42 Å². The number of hydrogen-bond acceptors (Lipinski definition) is 4. The molecule has 0 spiro atoms. The number of anilines is 1. The lowest BCUT2D eigenvalue weighted by Crippen LogP contribution is -2.48. The van der Waals surface area contributed by atoms with Gasteiger partial charge in [-0.25, -0.2) is 4.39 Å². The zero-order valence-corrected chi connectivity index (χ0v) is 14.7. The van der Waals surface area contributed by atoms with Crippen LogP contribution in [-0.2, 0) is 0 Å². The molecule has 2 atom stereocenters. The molecule has 0 radical (unpaired) electrons. The maximum atomic E-state index is 13.9. The number of fused-ring (bicyclic) bond motifs is 1. The van der Waals surface area contributed by atoms with Gasteiger partial charge in [0.15, 0.2) is 11.4 Å². The lowest BCUT2D eigenvalue weighted by atomic mass is 9.97. The molecule has 2 unspecified atom stereocenters. The number of hydrogen-bond donors (Lipinski definition) is 0. The van der Waals surface area contributed by atoms with Crippen molar-refractivity contribution < 1.29 is 8.81 Å². The van der Waals surface area contributed by atoms with E-state index in [0.717, 1.165) is 25.9 Å². The zero-order chi connectivity index (χ0) is 15.9. The largest absolute Gasteiger partial charge is 0.420 e. The summed E-state index contributed by atoms with van der Waals surface area (Å²) < 4.78 is 20.3. The quantitative estimate of drug-likeness (QED) is 0.817. The van der Waals surface area contributed by atoms with Crippen LogP contribution in [0.5, 0.6) is 0 Å². The molecule has 0 saturated carbocycles. The minimum Gasteiger partial charge on any atom is -0.420 e. The highest BCUT2D eigenvalue weighted by Crippen LogP contribution is 2.30. The molecule has 3 rings (SSSR count). The van der Waals surface area contributed by atoms with E-state index in [0.29, 0.717) is 28.1 Å². The summed E-state index contributed by atoms with van der Waals surface area (Å²) in [5, 5.41) is 0. The van der Waals surface area contributed by atoms with E-state index in [2.05, 4.69) is 44.6 Å². The monoisotopic (exact) mass is 369 g/mol. The highest BCUT2D eigenvalue weighted by molar-refractivity contribution is 9.10. The topological polar surface area (TPSA) is 32.5 Å². The molecule has 1 fully saturated rings. The van der Waals surface area contributed by atoms with Crippen LogP contribution in [0.4, 0.5) is 10.4 Å². The number of rotatable bonds is 3. The van der Waals surface area contributed by atoms with Gasteiger partial charge in [0.2, 0.25) is 0 Å². The summed E-state index contributed by atoms with van der Waals surface area (Å²) >= 11 is 3.29. The fraction of sp³-hybridized carbons (Fsp3) is 0.562. The smallest absolute Gasteiger partial charge is 0.298 e. The molecule has 6 heteroatoms. The summed E-state index contributed by atoms with van der Waals surface area (Å²) in [6.07, 6.45) is 2.13.